The number of fused-ring (bicyclic) bond motifs is 6. The van der Waals surface area contributed by atoms with Crippen LogP contribution in [-0.2, 0) is 23.7 Å². The minimum atomic E-state index is -0.734. The van der Waals surface area contributed by atoms with Crippen molar-refractivity contribution in [1.82, 2.24) is 113 Å². The second kappa shape index (κ2) is 40.8. The average Bonchev–Trinajstić information content (AvgIpc) is 1.65. The van der Waals surface area contributed by atoms with Gasteiger partial charge in [0, 0.05) is 24.5 Å². The molecule has 0 amide bonds. The molecule has 5 unspecified atom stereocenters. The van der Waals surface area contributed by atoms with Gasteiger partial charge in [-0.25, -0.2) is 44.9 Å². The number of nitriles is 1. The summed E-state index contributed by atoms with van der Waals surface area (Å²) in [5, 5.41) is 28.3. The maximum Gasteiger partial charge on any atom is 1.00 e. The number of anilines is 2. The first-order chi connectivity index (χ1) is 52.6. The fourth-order valence-electron chi connectivity index (χ4n) is 13.0. The Bertz CT molecular complexity index is 4800. The summed E-state index contributed by atoms with van der Waals surface area (Å²) in [5.74, 6) is 2.70. The number of nitrogens with zero attached hydrogens (tertiary/aromatic N) is 23. The quantitative estimate of drug-likeness (QED) is 0.0294. The molecule has 7 N–H and O–H groups in total. The van der Waals surface area contributed by atoms with Crippen LogP contribution in [0.4, 0.5) is 11.6 Å². The molecule has 0 saturated carbocycles. The molecular formula is C66H76Cl11N26NaO7. The maximum absolute atomic E-state index is 9.74. The van der Waals surface area contributed by atoms with E-state index in [2.05, 4.69) is 150 Å². The molecule has 45 heteroatoms. The Hall–Kier alpha value is -5.63. The van der Waals surface area contributed by atoms with Gasteiger partial charge in [0.25, 0.3) is 0 Å². The number of nitrogens with two attached hydrogens (primary N) is 2. The number of imidazole rings is 6. The third kappa shape index (κ3) is 21.7. The van der Waals surface area contributed by atoms with E-state index in [-0.39, 0.29) is 120 Å². The molecule has 5 fully saturated rings. The van der Waals surface area contributed by atoms with Crippen molar-refractivity contribution in [3.8, 4) is 6.07 Å². The van der Waals surface area contributed by atoms with Crippen molar-refractivity contribution in [2.75, 3.05) is 18.1 Å². The van der Waals surface area contributed by atoms with Crippen LogP contribution < -0.4 is 46.0 Å². The van der Waals surface area contributed by atoms with Crippen molar-refractivity contribution in [2.45, 2.75) is 187 Å². The minimum Gasteiger partial charge on any atom is -0.394 e. The molecule has 5 aliphatic heterocycles. The maximum atomic E-state index is 9.74. The minimum absolute atomic E-state index is 0. The standard InChI is InChI=1S/C13H15Cl2N3O.C12H14Cl2N4O.C12H16ClN5O.C10H12ClN5O3.C7H13ClO.C5H2Cl2N4.C5HCl2N4.C2H3N.Na/c1-3-9-7(2)4-11(19-9)18-6-16-13-12(18)8(14)5-10(15)17-13;1-3-7-6(2)4-8(19-7)18-5-15-9-10(13)16-12(14)17-11(9)18;1-3-7-6(2)4-8(19-7)18-5-15-9-10(14)16-12(13)17-11(9)18;11-10-14-8(12)7-9(15-10)16(3-13-7)6-1-4(18)5(2-17)19-6;1-3-6-5(2)4-7(8)9-6;2*6-3-2-4(9-1-8-2)11-5(7)10-3;1-2-3;/h5-7,9,11H,3-4H2,1-2H3;5-8H,3-4H2,1-2H3;5-8H,3-4H2,1-2H3,(H2,14,16,17);3-6,17-18H,1-2H2,(H2,12,14,15);5-7H,3-4H2,1-2H3;1H,(H,8,9,10,11);1H;1H3;/q;;;;;;-1;;+1/t7?,9-,11-;2*6?,7-,8-;4?,5-,6-;5?,6-,7+;;;;/m11111..../s1. The summed E-state index contributed by atoms with van der Waals surface area (Å²) >= 11 is 63.8. The monoisotopic (exact) mass is 1750 g/mol. The first-order valence-corrected chi connectivity index (χ1v) is 38.9. The summed E-state index contributed by atoms with van der Waals surface area (Å²) in [6, 6.07) is 3.39. The number of aliphatic hydroxyl groups is 2. The Morgan fingerprint density at radius 3 is 1.39 bits per heavy atom. The van der Waals surface area contributed by atoms with Gasteiger partial charge in [0.2, 0.25) is 21.1 Å². The van der Waals surface area contributed by atoms with Crippen molar-refractivity contribution in [2.24, 2.45) is 23.7 Å². The van der Waals surface area contributed by atoms with Crippen molar-refractivity contribution in [3.63, 3.8) is 0 Å². The van der Waals surface area contributed by atoms with Crippen molar-refractivity contribution >= 4 is 206 Å². The van der Waals surface area contributed by atoms with E-state index in [0.717, 1.165) is 56.9 Å². The fraction of sp³-hybridized carbons (Fsp3) is 0.515. The van der Waals surface area contributed by atoms with Crippen LogP contribution in [0, 0.1) is 35.0 Å². The number of halogens is 11. The third-order valence-corrected chi connectivity index (χ3v) is 20.8. The van der Waals surface area contributed by atoms with E-state index >= 15 is 0 Å². The molecule has 5 saturated heterocycles. The fourth-order valence-corrected chi connectivity index (χ4v) is 15.6. The third-order valence-electron chi connectivity index (χ3n) is 18.4. The first-order valence-electron chi connectivity index (χ1n) is 34.6. The molecule has 33 nitrogen and oxygen atoms in total. The number of aliphatic hydroxyl groups excluding tert-OH is 2. The van der Waals surface area contributed by atoms with Gasteiger partial charge in [-0.15, -0.1) is 0 Å². The van der Waals surface area contributed by atoms with Crippen molar-refractivity contribution < 1.29 is 63.5 Å². The number of aromatic amines is 1. The van der Waals surface area contributed by atoms with E-state index in [9.17, 15) is 5.11 Å². The SMILES string of the molecule is CC#N.CC[C@H]1O[C@@H](n2cnc3c(Cl)nc(Cl)nc32)CC1C.CC[C@H]1O[C@@H](n2cnc3c(N)nc(Cl)nc32)CC1C.CC[C@H]1O[C@@H](n2cnc3nc(Cl)cc(Cl)c32)CC1C.CC[C@H]1O[C@H](Cl)CC1C.Clc1nc(Cl)c2[nH]cnc2n1.Clc1nc(Cl)c2nc[n-]c2n1.Nc1nc(Cl)nc2c1ncn2[C@H]1CC(O)[C@@H](CO)O1.[Na+]. The van der Waals surface area contributed by atoms with Crippen LogP contribution in [0.5, 0.6) is 0 Å². The molecule has 0 aromatic carbocycles. The van der Waals surface area contributed by atoms with E-state index in [4.69, 9.17) is 173 Å². The van der Waals surface area contributed by atoms with Gasteiger partial charge in [0.1, 0.15) is 74.5 Å². The molecular weight excluding hydrogens is 1680 g/mol. The molecule has 590 valence electrons. The average molecular weight is 1760 g/mol. The number of nitrogen functional groups attached to an aromatic ring is 2. The van der Waals surface area contributed by atoms with Crippen LogP contribution in [-0.4, -0.2) is 167 Å². The van der Waals surface area contributed by atoms with Gasteiger partial charge in [0.15, 0.2) is 55.5 Å². The van der Waals surface area contributed by atoms with E-state index in [1.165, 1.54) is 25.9 Å². The molecule has 17 heterocycles. The molecule has 17 rings (SSSR count). The van der Waals surface area contributed by atoms with Crippen LogP contribution in [0.2, 0.25) is 52.1 Å². The number of pyridine rings is 1. The Kier molecular flexibility index (Phi) is 32.8. The molecule has 0 bridgehead atoms. The molecule has 0 spiro atoms. The Morgan fingerprint density at radius 2 is 0.919 bits per heavy atom. The number of alkyl halides is 1. The van der Waals surface area contributed by atoms with Gasteiger partial charge in [0.05, 0.1) is 79.9 Å². The summed E-state index contributed by atoms with van der Waals surface area (Å²) in [5.41, 5.74) is 18.1. The molecule has 12 aromatic rings. The number of nitrogens with one attached hydrogen (secondary N) is 1. The summed E-state index contributed by atoms with van der Waals surface area (Å²) in [6.07, 6.45) is 17.0. The van der Waals surface area contributed by atoms with Crippen LogP contribution in [0.3, 0.4) is 0 Å². The molecule has 15 atom stereocenters. The number of rotatable bonds is 9. The van der Waals surface area contributed by atoms with E-state index in [1.807, 2.05) is 13.7 Å². The Morgan fingerprint density at radius 1 is 0.505 bits per heavy atom. The van der Waals surface area contributed by atoms with Crippen LogP contribution in [0.25, 0.3) is 67.0 Å². The Labute approximate surface area is 712 Å². The van der Waals surface area contributed by atoms with Crippen LogP contribution in [0.15, 0.2) is 44.0 Å². The number of aromatic nitrogens is 23. The van der Waals surface area contributed by atoms with Gasteiger partial charge < -0.3 is 69.9 Å². The topological polar surface area (TPSA) is 431 Å². The Balaban J connectivity index is 0.000000150. The van der Waals surface area contributed by atoms with Gasteiger partial charge in [-0.3, -0.25) is 13.7 Å². The zero-order valence-electron chi connectivity index (χ0n) is 61.3. The normalized spacial score (nSPS) is 24.4. The predicted octanol–water partition coefficient (Wildman–Crippen LogP) is 12.5. The summed E-state index contributed by atoms with van der Waals surface area (Å²) in [4.78, 5) is 74.5. The largest absolute Gasteiger partial charge is 1.00 e. The van der Waals surface area contributed by atoms with E-state index in [1.54, 1.807) is 35.7 Å². The van der Waals surface area contributed by atoms with Crippen molar-refractivity contribution in [3.05, 3.63) is 96.1 Å². The number of hydrogen-bond donors (Lipinski definition) is 5. The van der Waals surface area contributed by atoms with Gasteiger partial charge in [-0.1, -0.05) is 137 Å². The molecule has 12 aromatic heterocycles. The van der Waals surface area contributed by atoms with E-state index in [0.29, 0.717) is 120 Å². The summed E-state index contributed by atoms with van der Waals surface area (Å²) in [6.45, 7) is 18.5. The number of H-pyrrole nitrogens is 1. The molecule has 5 aliphatic rings. The molecule has 0 aliphatic carbocycles. The van der Waals surface area contributed by atoms with Gasteiger partial charge in [-0.05, 0) is 134 Å². The second-order valence-electron chi connectivity index (χ2n) is 25.8. The van der Waals surface area contributed by atoms with E-state index < -0.39 is 18.4 Å². The van der Waals surface area contributed by atoms with Crippen LogP contribution >= 0.6 is 128 Å². The number of hydrogen-bond acceptors (Lipinski definition) is 27. The van der Waals surface area contributed by atoms with Crippen molar-refractivity contribution in [1.29, 1.82) is 5.26 Å². The second-order valence-corrected chi connectivity index (χ2v) is 29.8. The van der Waals surface area contributed by atoms with Gasteiger partial charge in [-0.2, -0.15) is 35.2 Å². The summed E-state index contributed by atoms with van der Waals surface area (Å²) in [7, 11) is 0. The summed E-state index contributed by atoms with van der Waals surface area (Å²) < 4.78 is 36.4. The number of ether oxygens (including phenoxy) is 5. The molecule has 0 radical (unpaired) electrons. The zero-order valence-corrected chi connectivity index (χ0v) is 71.6. The zero-order chi connectivity index (χ0) is 79.5. The smallest absolute Gasteiger partial charge is 0.394 e. The first kappa shape index (κ1) is 89.3. The van der Waals surface area contributed by atoms with Gasteiger partial charge >= 0.3 is 29.6 Å². The van der Waals surface area contributed by atoms with Crippen LogP contribution in [0.1, 0.15) is 145 Å². The molecule has 111 heavy (non-hydrogen) atoms. The predicted molar refractivity (Wildman–Crippen MR) is 420 cm³/mol.